The molecule has 0 saturated carbocycles. The highest BCUT2D eigenvalue weighted by Crippen LogP contribution is 2.20. The van der Waals surface area contributed by atoms with Crippen LogP contribution < -0.4 is 10.0 Å². The summed E-state index contributed by atoms with van der Waals surface area (Å²) in [5.41, 5.74) is 5.22. The summed E-state index contributed by atoms with van der Waals surface area (Å²) in [6.07, 6.45) is 2.65. The van der Waals surface area contributed by atoms with E-state index in [2.05, 4.69) is 15.0 Å². The minimum absolute atomic E-state index is 0.103. The van der Waals surface area contributed by atoms with Crippen molar-refractivity contribution >= 4 is 32.5 Å². The van der Waals surface area contributed by atoms with Crippen LogP contribution in [0.1, 0.15) is 27.0 Å². The van der Waals surface area contributed by atoms with Crippen molar-refractivity contribution in [3.8, 4) is 0 Å². The van der Waals surface area contributed by atoms with E-state index in [9.17, 15) is 13.2 Å². The second-order valence-corrected chi connectivity index (χ2v) is 9.48. The number of para-hydroxylation sites is 1. The van der Waals surface area contributed by atoms with Gasteiger partial charge in [-0.05, 0) is 79.4 Å². The first-order valence-corrected chi connectivity index (χ1v) is 11.9. The van der Waals surface area contributed by atoms with Crippen molar-refractivity contribution in [3.05, 3.63) is 95.2 Å². The van der Waals surface area contributed by atoms with Gasteiger partial charge < -0.3 is 10.3 Å². The van der Waals surface area contributed by atoms with Crippen molar-refractivity contribution in [2.45, 2.75) is 25.2 Å². The summed E-state index contributed by atoms with van der Waals surface area (Å²) in [7, 11) is -3.74. The topological polar surface area (TPSA) is 91.1 Å². The van der Waals surface area contributed by atoms with Crippen LogP contribution in [0, 0.1) is 13.8 Å². The molecule has 0 aliphatic carbocycles. The van der Waals surface area contributed by atoms with Crippen molar-refractivity contribution < 1.29 is 13.2 Å². The van der Waals surface area contributed by atoms with Gasteiger partial charge in [0.05, 0.1) is 4.90 Å². The molecule has 3 N–H and O–H groups in total. The number of aryl methyl sites for hydroxylation is 2. The van der Waals surface area contributed by atoms with Gasteiger partial charge in [-0.2, -0.15) is 0 Å². The van der Waals surface area contributed by atoms with Crippen LogP contribution in [-0.4, -0.2) is 25.9 Å². The van der Waals surface area contributed by atoms with E-state index < -0.39 is 10.0 Å². The normalized spacial score (nSPS) is 11.4. The summed E-state index contributed by atoms with van der Waals surface area (Å²) in [4.78, 5) is 15.8. The molecule has 0 spiro atoms. The first-order valence-electron chi connectivity index (χ1n) is 10.4. The van der Waals surface area contributed by atoms with Crippen LogP contribution in [0.5, 0.6) is 0 Å². The van der Waals surface area contributed by atoms with Crippen molar-refractivity contribution in [3.63, 3.8) is 0 Å². The Morgan fingerprint density at radius 1 is 0.938 bits per heavy atom. The van der Waals surface area contributed by atoms with Crippen molar-refractivity contribution in [2.75, 3.05) is 11.3 Å². The number of aromatic amines is 1. The molecule has 3 aromatic carbocycles. The third-order valence-electron chi connectivity index (χ3n) is 5.54. The second-order valence-electron chi connectivity index (χ2n) is 7.79. The number of nitrogens with one attached hydrogen (secondary N) is 3. The molecule has 0 bridgehead atoms. The average Bonchev–Trinajstić information content (AvgIpc) is 3.19. The first-order chi connectivity index (χ1) is 15.3. The molecule has 6 nitrogen and oxygen atoms in total. The smallest absolute Gasteiger partial charge is 0.261 e. The molecule has 0 aliphatic rings. The molecule has 7 heteroatoms. The Labute approximate surface area is 187 Å². The van der Waals surface area contributed by atoms with Gasteiger partial charge in [-0.15, -0.1) is 0 Å². The van der Waals surface area contributed by atoms with E-state index in [1.807, 2.05) is 50.4 Å². The fraction of sp³-hybridized carbons (Fsp3) is 0.160. The number of amides is 1. The largest absolute Gasteiger partial charge is 0.361 e. The molecule has 0 atom stereocenters. The van der Waals surface area contributed by atoms with E-state index in [1.54, 1.807) is 12.1 Å². The van der Waals surface area contributed by atoms with E-state index in [4.69, 9.17) is 0 Å². The van der Waals surface area contributed by atoms with E-state index in [0.29, 0.717) is 24.2 Å². The van der Waals surface area contributed by atoms with Crippen molar-refractivity contribution in [2.24, 2.45) is 0 Å². The third-order valence-corrected chi connectivity index (χ3v) is 6.94. The molecule has 0 unspecified atom stereocenters. The molecular formula is C25H25N3O3S. The quantitative estimate of drug-likeness (QED) is 0.388. The van der Waals surface area contributed by atoms with Gasteiger partial charge in [0.1, 0.15) is 0 Å². The van der Waals surface area contributed by atoms with Gasteiger partial charge in [0.25, 0.3) is 15.9 Å². The fourth-order valence-corrected chi connectivity index (χ4v) is 4.61. The number of fused-ring (bicyclic) bond motifs is 1. The number of benzene rings is 3. The Hall–Kier alpha value is -3.58. The zero-order chi connectivity index (χ0) is 22.7. The number of carbonyl (C=O) groups is 1. The summed E-state index contributed by atoms with van der Waals surface area (Å²) in [6, 6.07) is 19.4. The molecule has 164 valence electrons. The second kappa shape index (κ2) is 8.88. The van der Waals surface area contributed by atoms with E-state index in [0.717, 1.165) is 27.6 Å². The van der Waals surface area contributed by atoms with Gasteiger partial charge in [0.2, 0.25) is 0 Å². The number of anilines is 1. The molecule has 0 saturated heterocycles. The summed E-state index contributed by atoms with van der Waals surface area (Å²) >= 11 is 0. The van der Waals surface area contributed by atoms with Crippen molar-refractivity contribution in [1.29, 1.82) is 0 Å². The molecule has 0 aliphatic heterocycles. The number of rotatable bonds is 7. The predicted molar refractivity (Wildman–Crippen MR) is 128 cm³/mol. The SMILES string of the molecule is Cc1ccc(NS(=O)(=O)c2ccc(C(=O)NCCc3c[nH]c4ccccc34)cc2)cc1C. The number of aromatic nitrogens is 1. The summed E-state index contributed by atoms with van der Waals surface area (Å²) in [5, 5.41) is 4.04. The summed E-state index contributed by atoms with van der Waals surface area (Å²) in [6.45, 7) is 4.38. The Bertz CT molecular complexity index is 1370. The average molecular weight is 448 g/mol. The maximum absolute atomic E-state index is 12.7. The van der Waals surface area contributed by atoms with E-state index in [-0.39, 0.29) is 10.8 Å². The molecular weight excluding hydrogens is 422 g/mol. The van der Waals surface area contributed by atoms with Gasteiger partial charge in [-0.1, -0.05) is 24.3 Å². The molecule has 4 rings (SSSR count). The lowest BCUT2D eigenvalue weighted by Crippen LogP contribution is -2.25. The number of carbonyl (C=O) groups excluding carboxylic acids is 1. The Morgan fingerprint density at radius 3 is 2.44 bits per heavy atom. The number of hydrogen-bond donors (Lipinski definition) is 3. The van der Waals surface area contributed by atoms with Crippen LogP contribution in [0.15, 0.2) is 77.8 Å². The first kappa shape index (κ1) is 21.6. The van der Waals surface area contributed by atoms with Gasteiger partial charge in [-0.25, -0.2) is 8.42 Å². The monoisotopic (exact) mass is 447 g/mol. The van der Waals surface area contributed by atoms with Crippen LogP contribution in [0.25, 0.3) is 10.9 Å². The van der Waals surface area contributed by atoms with Crippen LogP contribution in [0.4, 0.5) is 5.69 Å². The zero-order valence-electron chi connectivity index (χ0n) is 18.0. The Balaban J connectivity index is 1.37. The zero-order valence-corrected chi connectivity index (χ0v) is 18.8. The highest BCUT2D eigenvalue weighted by Gasteiger charge is 2.15. The maximum atomic E-state index is 12.7. The molecule has 32 heavy (non-hydrogen) atoms. The minimum Gasteiger partial charge on any atom is -0.361 e. The van der Waals surface area contributed by atoms with Gasteiger partial charge >= 0.3 is 0 Å². The maximum Gasteiger partial charge on any atom is 0.261 e. The van der Waals surface area contributed by atoms with Crippen LogP contribution in [-0.2, 0) is 16.4 Å². The molecule has 4 aromatic rings. The molecule has 0 radical (unpaired) electrons. The van der Waals surface area contributed by atoms with Crippen LogP contribution >= 0.6 is 0 Å². The fourth-order valence-electron chi connectivity index (χ4n) is 3.56. The van der Waals surface area contributed by atoms with Gasteiger partial charge in [0, 0.05) is 34.9 Å². The van der Waals surface area contributed by atoms with Crippen LogP contribution in [0.3, 0.4) is 0 Å². The lowest BCUT2D eigenvalue weighted by Gasteiger charge is -2.10. The van der Waals surface area contributed by atoms with E-state index in [1.165, 1.54) is 24.3 Å². The molecule has 0 fully saturated rings. The summed E-state index contributed by atoms with van der Waals surface area (Å²) in [5.74, 6) is -0.240. The highest BCUT2D eigenvalue weighted by atomic mass is 32.2. The summed E-state index contributed by atoms with van der Waals surface area (Å²) < 4.78 is 27.9. The minimum atomic E-state index is -3.74. The van der Waals surface area contributed by atoms with Gasteiger partial charge in [0.15, 0.2) is 0 Å². The lowest BCUT2D eigenvalue weighted by atomic mass is 10.1. The third kappa shape index (κ3) is 4.68. The lowest BCUT2D eigenvalue weighted by molar-refractivity contribution is 0.0954. The van der Waals surface area contributed by atoms with Crippen molar-refractivity contribution in [1.82, 2.24) is 10.3 Å². The number of hydrogen-bond acceptors (Lipinski definition) is 3. The Kier molecular flexibility index (Phi) is 6.01. The van der Waals surface area contributed by atoms with Crippen LogP contribution in [0.2, 0.25) is 0 Å². The highest BCUT2D eigenvalue weighted by molar-refractivity contribution is 7.92. The molecule has 1 heterocycles. The standard InChI is InChI=1S/C25H25N3O3S/c1-17-7-10-21(15-18(17)2)28-32(30,31)22-11-8-19(9-12-22)25(29)26-14-13-20-16-27-24-6-4-3-5-23(20)24/h3-12,15-16,27-28H,13-14H2,1-2H3,(H,26,29). The number of H-pyrrole nitrogens is 1. The predicted octanol–water partition coefficient (Wildman–Crippen LogP) is 4.56. The Morgan fingerprint density at radius 2 is 1.69 bits per heavy atom. The van der Waals surface area contributed by atoms with Gasteiger partial charge in [-0.3, -0.25) is 9.52 Å². The number of sulfonamides is 1. The molecule has 1 aromatic heterocycles. The molecule has 1 amide bonds. The van der Waals surface area contributed by atoms with E-state index >= 15 is 0 Å².